The average molecular weight is 212 g/mol. The zero-order chi connectivity index (χ0) is 10.1. The van der Waals surface area contributed by atoms with Crippen molar-refractivity contribution in [3.8, 4) is 0 Å². The Hall–Kier alpha value is -1.62. The molecule has 0 unspecified atom stereocenters. The number of carboxylic acid groups (broad SMARTS) is 1. The number of aromatic nitrogens is 3. The van der Waals surface area contributed by atoms with Crippen molar-refractivity contribution in [3.63, 3.8) is 0 Å². The zero-order valence-corrected chi connectivity index (χ0v) is 7.77. The summed E-state index contributed by atoms with van der Waals surface area (Å²) in [7, 11) is 0. The van der Waals surface area contributed by atoms with Gasteiger partial charge in [-0.05, 0) is 6.07 Å². The Balaban J connectivity index is 2.58. The van der Waals surface area contributed by atoms with E-state index in [1.807, 2.05) is 0 Å². The van der Waals surface area contributed by atoms with Crippen LogP contribution in [0.1, 0.15) is 0 Å². The van der Waals surface area contributed by atoms with Gasteiger partial charge >= 0.3 is 5.97 Å². The fourth-order valence-electron chi connectivity index (χ4n) is 1.23. The number of aliphatic carboxylic acids is 1. The molecule has 0 aliphatic heterocycles. The van der Waals surface area contributed by atoms with Gasteiger partial charge in [0.05, 0.1) is 17.1 Å². The molecule has 72 valence electrons. The Morgan fingerprint density at radius 1 is 1.64 bits per heavy atom. The highest BCUT2D eigenvalue weighted by Crippen LogP contribution is 2.19. The minimum atomic E-state index is -0.942. The van der Waals surface area contributed by atoms with Crippen molar-refractivity contribution >= 4 is 28.5 Å². The van der Waals surface area contributed by atoms with Crippen molar-refractivity contribution in [3.05, 3.63) is 23.6 Å². The highest BCUT2D eigenvalue weighted by Gasteiger charge is 2.08. The molecule has 0 spiro atoms. The molecule has 0 aromatic carbocycles. The molecule has 14 heavy (non-hydrogen) atoms. The Kier molecular flexibility index (Phi) is 2.09. The third-order valence-electron chi connectivity index (χ3n) is 1.81. The lowest BCUT2D eigenvalue weighted by Gasteiger charge is -1.98. The van der Waals surface area contributed by atoms with Crippen LogP contribution >= 0.6 is 11.6 Å². The largest absolute Gasteiger partial charge is 0.480 e. The summed E-state index contributed by atoms with van der Waals surface area (Å²) in [6.45, 7) is -0.177. The minimum absolute atomic E-state index is 0.177. The van der Waals surface area contributed by atoms with Crippen LogP contribution in [0, 0.1) is 0 Å². The molecule has 2 rings (SSSR count). The SMILES string of the molecule is O=C(O)Cn1ncc2c(Cl)nccc21. The van der Waals surface area contributed by atoms with E-state index in [1.54, 1.807) is 6.07 Å². The van der Waals surface area contributed by atoms with Crippen molar-refractivity contribution in [1.29, 1.82) is 0 Å². The molecule has 2 heterocycles. The molecule has 0 amide bonds. The van der Waals surface area contributed by atoms with Gasteiger partial charge in [-0.3, -0.25) is 9.48 Å². The lowest BCUT2D eigenvalue weighted by molar-refractivity contribution is -0.137. The second-order valence-corrected chi connectivity index (χ2v) is 3.09. The molecule has 0 fully saturated rings. The van der Waals surface area contributed by atoms with Crippen molar-refractivity contribution in [1.82, 2.24) is 14.8 Å². The molecule has 0 aliphatic carbocycles. The van der Waals surface area contributed by atoms with E-state index < -0.39 is 5.97 Å². The van der Waals surface area contributed by atoms with Gasteiger partial charge in [-0.25, -0.2) is 4.98 Å². The van der Waals surface area contributed by atoms with Gasteiger partial charge in [0.15, 0.2) is 0 Å². The topological polar surface area (TPSA) is 68.0 Å². The van der Waals surface area contributed by atoms with Gasteiger partial charge in [0.1, 0.15) is 11.7 Å². The number of halogens is 1. The summed E-state index contributed by atoms with van der Waals surface area (Å²) in [5.74, 6) is -0.942. The van der Waals surface area contributed by atoms with Crippen LogP contribution < -0.4 is 0 Å². The van der Waals surface area contributed by atoms with Gasteiger partial charge in [0.25, 0.3) is 0 Å². The molecular weight excluding hydrogens is 206 g/mol. The normalized spacial score (nSPS) is 10.6. The first-order valence-electron chi connectivity index (χ1n) is 3.86. The number of nitrogens with zero attached hydrogens (tertiary/aromatic N) is 3. The maximum absolute atomic E-state index is 10.5. The lowest BCUT2D eigenvalue weighted by Crippen LogP contribution is -2.09. The van der Waals surface area contributed by atoms with Crippen molar-refractivity contribution in [2.24, 2.45) is 0 Å². The van der Waals surface area contributed by atoms with E-state index in [4.69, 9.17) is 16.7 Å². The van der Waals surface area contributed by atoms with Gasteiger partial charge in [0.2, 0.25) is 0 Å². The molecule has 2 aromatic heterocycles. The third-order valence-corrected chi connectivity index (χ3v) is 2.11. The minimum Gasteiger partial charge on any atom is -0.480 e. The van der Waals surface area contributed by atoms with E-state index in [2.05, 4.69) is 10.1 Å². The van der Waals surface area contributed by atoms with E-state index in [9.17, 15) is 4.79 Å². The number of carbonyl (C=O) groups is 1. The van der Waals surface area contributed by atoms with Crippen LogP contribution in [0.4, 0.5) is 0 Å². The maximum Gasteiger partial charge on any atom is 0.325 e. The number of hydrogen-bond donors (Lipinski definition) is 1. The van der Waals surface area contributed by atoms with Gasteiger partial charge in [-0.15, -0.1) is 0 Å². The van der Waals surface area contributed by atoms with Crippen LogP contribution in [-0.2, 0) is 11.3 Å². The number of rotatable bonds is 2. The number of hydrogen-bond acceptors (Lipinski definition) is 3. The summed E-state index contributed by atoms with van der Waals surface area (Å²) in [6, 6.07) is 1.68. The third kappa shape index (κ3) is 1.42. The number of pyridine rings is 1. The van der Waals surface area contributed by atoms with Crippen molar-refractivity contribution in [2.45, 2.75) is 6.54 Å². The summed E-state index contributed by atoms with van der Waals surface area (Å²) >= 11 is 5.80. The van der Waals surface area contributed by atoms with Crippen LogP contribution in [0.25, 0.3) is 10.9 Å². The Morgan fingerprint density at radius 2 is 2.43 bits per heavy atom. The number of carboxylic acids is 1. The molecule has 0 atom stereocenters. The average Bonchev–Trinajstić information content (AvgIpc) is 2.49. The van der Waals surface area contributed by atoms with E-state index in [-0.39, 0.29) is 6.54 Å². The smallest absolute Gasteiger partial charge is 0.325 e. The van der Waals surface area contributed by atoms with Crippen LogP contribution in [-0.4, -0.2) is 25.8 Å². The molecule has 0 radical (unpaired) electrons. The van der Waals surface area contributed by atoms with E-state index >= 15 is 0 Å². The van der Waals surface area contributed by atoms with Crippen LogP contribution in [0.2, 0.25) is 5.15 Å². The predicted octanol–water partition coefficient (Wildman–Crippen LogP) is 1.17. The fourth-order valence-corrected chi connectivity index (χ4v) is 1.43. The molecule has 0 saturated carbocycles. The van der Waals surface area contributed by atoms with Crippen LogP contribution in [0.5, 0.6) is 0 Å². The molecule has 0 bridgehead atoms. The molecular formula is C8H6ClN3O2. The first-order valence-corrected chi connectivity index (χ1v) is 4.24. The van der Waals surface area contributed by atoms with Crippen LogP contribution in [0.15, 0.2) is 18.5 Å². The summed E-state index contributed by atoms with van der Waals surface area (Å²) in [5, 5.41) is 13.5. The first-order chi connectivity index (χ1) is 6.68. The highest BCUT2D eigenvalue weighted by molar-refractivity contribution is 6.34. The molecule has 1 N–H and O–H groups in total. The van der Waals surface area contributed by atoms with E-state index in [0.717, 1.165) is 0 Å². The summed E-state index contributed by atoms with van der Waals surface area (Å²) < 4.78 is 1.37. The Bertz CT molecular complexity index is 494. The monoisotopic (exact) mass is 211 g/mol. The second kappa shape index (κ2) is 3.26. The van der Waals surface area contributed by atoms with Crippen molar-refractivity contribution < 1.29 is 9.90 Å². The molecule has 6 heteroatoms. The van der Waals surface area contributed by atoms with Crippen LogP contribution in [0.3, 0.4) is 0 Å². The first kappa shape index (κ1) is 8.96. The Labute approximate surface area is 83.9 Å². The quantitative estimate of drug-likeness (QED) is 0.758. The molecule has 0 aliphatic rings. The number of fused-ring (bicyclic) bond motifs is 1. The molecule has 0 saturated heterocycles. The van der Waals surface area contributed by atoms with E-state index in [0.29, 0.717) is 16.1 Å². The molecule has 2 aromatic rings. The van der Waals surface area contributed by atoms with Crippen molar-refractivity contribution in [2.75, 3.05) is 0 Å². The predicted molar refractivity (Wildman–Crippen MR) is 50.2 cm³/mol. The Morgan fingerprint density at radius 3 is 3.14 bits per heavy atom. The lowest BCUT2D eigenvalue weighted by atomic mass is 10.3. The van der Waals surface area contributed by atoms with Gasteiger partial charge in [0, 0.05) is 6.20 Å². The summed E-state index contributed by atoms with van der Waals surface area (Å²) in [6.07, 6.45) is 3.03. The zero-order valence-electron chi connectivity index (χ0n) is 7.01. The maximum atomic E-state index is 10.5. The highest BCUT2D eigenvalue weighted by atomic mass is 35.5. The van der Waals surface area contributed by atoms with E-state index in [1.165, 1.54) is 17.1 Å². The second-order valence-electron chi connectivity index (χ2n) is 2.73. The standard InChI is InChI=1S/C8H6ClN3O2/c9-8-5-3-11-12(4-7(13)14)6(5)1-2-10-8/h1-3H,4H2,(H,13,14). The fraction of sp³-hybridized carbons (Fsp3) is 0.125. The van der Waals surface area contributed by atoms with Gasteiger partial charge in [-0.2, -0.15) is 5.10 Å². The summed E-state index contributed by atoms with van der Waals surface area (Å²) in [5.41, 5.74) is 0.674. The van der Waals surface area contributed by atoms with Gasteiger partial charge < -0.3 is 5.11 Å². The van der Waals surface area contributed by atoms with Gasteiger partial charge in [-0.1, -0.05) is 11.6 Å². The summed E-state index contributed by atoms with van der Waals surface area (Å²) in [4.78, 5) is 14.4. The molecule has 5 nitrogen and oxygen atoms in total.